The summed E-state index contributed by atoms with van der Waals surface area (Å²) >= 11 is 0. The van der Waals surface area contributed by atoms with Gasteiger partial charge in [0.25, 0.3) is 0 Å². The van der Waals surface area contributed by atoms with Crippen LogP contribution in [0.3, 0.4) is 0 Å². The molecule has 2 aromatic rings. The molecular formula is C15H19N3O. The summed E-state index contributed by atoms with van der Waals surface area (Å²) in [6.07, 6.45) is 2.39. The number of benzene rings is 1. The maximum atomic E-state index is 5.67. The SMILES string of the molecule is Cc1ccc(CN(C)Cc2nnc(C3CC3)o2)cc1. The van der Waals surface area contributed by atoms with Crippen LogP contribution in [0.5, 0.6) is 0 Å². The van der Waals surface area contributed by atoms with Gasteiger partial charge in [-0.2, -0.15) is 0 Å². The molecule has 19 heavy (non-hydrogen) atoms. The average Bonchev–Trinajstić information content (AvgIpc) is 3.14. The maximum Gasteiger partial charge on any atom is 0.230 e. The number of aromatic nitrogens is 2. The highest BCUT2D eigenvalue weighted by Gasteiger charge is 2.29. The Labute approximate surface area is 113 Å². The molecule has 1 aliphatic rings. The fourth-order valence-corrected chi connectivity index (χ4v) is 2.12. The van der Waals surface area contributed by atoms with E-state index in [-0.39, 0.29) is 0 Å². The Morgan fingerprint density at radius 3 is 2.58 bits per heavy atom. The van der Waals surface area contributed by atoms with Crippen molar-refractivity contribution in [1.82, 2.24) is 15.1 Å². The van der Waals surface area contributed by atoms with E-state index in [0.717, 1.165) is 18.3 Å². The minimum atomic E-state index is 0.531. The van der Waals surface area contributed by atoms with Gasteiger partial charge in [-0.05, 0) is 32.4 Å². The van der Waals surface area contributed by atoms with Crippen LogP contribution in [0.25, 0.3) is 0 Å². The number of rotatable bonds is 5. The van der Waals surface area contributed by atoms with Gasteiger partial charge < -0.3 is 4.42 Å². The van der Waals surface area contributed by atoms with Gasteiger partial charge >= 0.3 is 0 Å². The van der Waals surface area contributed by atoms with Crippen LogP contribution in [0.2, 0.25) is 0 Å². The molecule has 100 valence electrons. The van der Waals surface area contributed by atoms with Crippen molar-refractivity contribution < 1.29 is 4.42 Å². The maximum absolute atomic E-state index is 5.67. The van der Waals surface area contributed by atoms with E-state index in [1.165, 1.54) is 24.0 Å². The highest BCUT2D eigenvalue weighted by molar-refractivity contribution is 5.21. The second kappa shape index (κ2) is 5.13. The fraction of sp³-hybridized carbons (Fsp3) is 0.467. The molecule has 0 bridgehead atoms. The third kappa shape index (κ3) is 3.20. The van der Waals surface area contributed by atoms with Gasteiger partial charge in [0, 0.05) is 12.5 Å². The van der Waals surface area contributed by atoms with E-state index in [1.807, 2.05) is 0 Å². The molecular weight excluding hydrogens is 238 g/mol. The summed E-state index contributed by atoms with van der Waals surface area (Å²) in [5, 5.41) is 8.22. The molecule has 0 radical (unpaired) electrons. The Morgan fingerprint density at radius 1 is 1.16 bits per heavy atom. The van der Waals surface area contributed by atoms with Crippen molar-refractivity contribution in [2.45, 2.75) is 38.8 Å². The Morgan fingerprint density at radius 2 is 1.89 bits per heavy atom. The molecule has 1 heterocycles. The smallest absolute Gasteiger partial charge is 0.230 e. The quantitative estimate of drug-likeness (QED) is 0.826. The number of hydrogen-bond donors (Lipinski definition) is 0. The molecule has 0 N–H and O–H groups in total. The summed E-state index contributed by atoms with van der Waals surface area (Å²) in [6.45, 7) is 3.69. The van der Waals surface area contributed by atoms with E-state index >= 15 is 0 Å². The van der Waals surface area contributed by atoms with E-state index in [4.69, 9.17) is 4.42 Å². The normalized spacial score (nSPS) is 15.1. The molecule has 0 unspecified atom stereocenters. The lowest BCUT2D eigenvalue weighted by molar-refractivity contribution is 0.277. The van der Waals surface area contributed by atoms with Gasteiger partial charge in [-0.25, -0.2) is 0 Å². The average molecular weight is 257 g/mol. The van der Waals surface area contributed by atoms with Crippen LogP contribution < -0.4 is 0 Å². The minimum Gasteiger partial charge on any atom is -0.424 e. The lowest BCUT2D eigenvalue weighted by Crippen LogP contribution is -2.17. The second-order valence-electron chi connectivity index (χ2n) is 5.47. The summed E-state index contributed by atoms with van der Waals surface area (Å²) in [6, 6.07) is 8.60. The van der Waals surface area contributed by atoms with Gasteiger partial charge in [0.05, 0.1) is 6.54 Å². The van der Waals surface area contributed by atoms with Crippen LogP contribution in [-0.4, -0.2) is 22.1 Å². The molecule has 4 heteroatoms. The van der Waals surface area contributed by atoms with Crippen LogP contribution in [0.4, 0.5) is 0 Å². The molecule has 0 amide bonds. The first-order valence-corrected chi connectivity index (χ1v) is 6.77. The molecule has 1 aromatic heterocycles. The first-order valence-electron chi connectivity index (χ1n) is 6.77. The monoisotopic (exact) mass is 257 g/mol. The summed E-state index contributed by atoms with van der Waals surface area (Å²) in [5.74, 6) is 2.07. The van der Waals surface area contributed by atoms with Crippen molar-refractivity contribution in [2.24, 2.45) is 0 Å². The van der Waals surface area contributed by atoms with E-state index < -0.39 is 0 Å². The standard InChI is InChI=1S/C15H19N3O/c1-11-3-5-12(6-4-11)9-18(2)10-14-16-17-15(19-14)13-7-8-13/h3-6,13H,7-10H2,1-2H3. The molecule has 3 rings (SSSR count). The van der Waals surface area contributed by atoms with E-state index in [1.54, 1.807) is 0 Å². The van der Waals surface area contributed by atoms with E-state index in [0.29, 0.717) is 12.5 Å². The van der Waals surface area contributed by atoms with E-state index in [2.05, 4.69) is 53.3 Å². The van der Waals surface area contributed by atoms with Crippen molar-refractivity contribution in [1.29, 1.82) is 0 Å². The number of hydrogen-bond acceptors (Lipinski definition) is 4. The summed E-state index contributed by atoms with van der Waals surface area (Å²) in [7, 11) is 2.07. The molecule has 1 saturated carbocycles. The highest BCUT2D eigenvalue weighted by Crippen LogP contribution is 2.39. The van der Waals surface area contributed by atoms with Crippen molar-refractivity contribution >= 4 is 0 Å². The zero-order valence-corrected chi connectivity index (χ0v) is 11.5. The van der Waals surface area contributed by atoms with Gasteiger partial charge in [-0.3, -0.25) is 4.90 Å². The number of nitrogens with zero attached hydrogens (tertiary/aromatic N) is 3. The van der Waals surface area contributed by atoms with Crippen LogP contribution in [0, 0.1) is 6.92 Å². The van der Waals surface area contributed by atoms with Crippen molar-refractivity contribution in [3.63, 3.8) is 0 Å². The Hall–Kier alpha value is -1.68. The van der Waals surface area contributed by atoms with Gasteiger partial charge in [0.2, 0.25) is 11.8 Å². The third-order valence-corrected chi connectivity index (χ3v) is 3.39. The molecule has 1 aliphatic carbocycles. The zero-order chi connectivity index (χ0) is 13.2. The van der Waals surface area contributed by atoms with Crippen LogP contribution in [-0.2, 0) is 13.1 Å². The van der Waals surface area contributed by atoms with Gasteiger partial charge in [0.1, 0.15) is 0 Å². The van der Waals surface area contributed by atoms with Crippen molar-refractivity contribution in [3.8, 4) is 0 Å². The first-order chi connectivity index (χ1) is 9.20. The summed E-state index contributed by atoms with van der Waals surface area (Å²) in [4.78, 5) is 2.19. The fourth-order valence-electron chi connectivity index (χ4n) is 2.12. The summed E-state index contributed by atoms with van der Waals surface area (Å²) < 4.78 is 5.67. The third-order valence-electron chi connectivity index (χ3n) is 3.39. The molecule has 0 aliphatic heterocycles. The Bertz CT molecular complexity index is 543. The lowest BCUT2D eigenvalue weighted by atomic mass is 10.1. The van der Waals surface area contributed by atoms with Crippen LogP contribution in [0.1, 0.15) is 41.7 Å². The highest BCUT2D eigenvalue weighted by atomic mass is 16.4. The van der Waals surface area contributed by atoms with Crippen LogP contribution in [0.15, 0.2) is 28.7 Å². The molecule has 1 aromatic carbocycles. The van der Waals surface area contributed by atoms with Crippen LogP contribution >= 0.6 is 0 Å². The Kier molecular flexibility index (Phi) is 3.34. The van der Waals surface area contributed by atoms with Crippen molar-refractivity contribution in [3.05, 3.63) is 47.2 Å². The zero-order valence-electron chi connectivity index (χ0n) is 11.5. The molecule has 0 saturated heterocycles. The molecule has 0 atom stereocenters. The topological polar surface area (TPSA) is 42.2 Å². The largest absolute Gasteiger partial charge is 0.424 e. The first kappa shape index (κ1) is 12.4. The van der Waals surface area contributed by atoms with Gasteiger partial charge in [-0.1, -0.05) is 29.8 Å². The second-order valence-corrected chi connectivity index (χ2v) is 5.47. The van der Waals surface area contributed by atoms with Gasteiger partial charge in [-0.15, -0.1) is 10.2 Å². The molecule has 4 nitrogen and oxygen atoms in total. The lowest BCUT2D eigenvalue weighted by Gasteiger charge is -2.14. The van der Waals surface area contributed by atoms with Gasteiger partial charge in [0.15, 0.2) is 0 Å². The van der Waals surface area contributed by atoms with Crippen molar-refractivity contribution in [2.75, 3.05) is 7.05 Å². The predicted octanol–water partition coefficient (Wildman–Crippen LogP) is 2.89. The molecule has 1 fully saturated rings. The Balaban J connectivity index is 1.57. The number of aryl methyl sites for hydroxylation is 1. The molecule has 0 spiro atoms. The predicted molar refractivity (Wildman–Crippen MR) is 72.6 cm³/mol. The summed E-state index contributed by atoms with van der Waals surface area (Å²) in [5.41, 5.74) is 2.59. The van der Waals surface area contributed by atoms with E-state index in [9.17, 15) is 0 Å². The minimum absolute atomic E-state index is 0.531.